The Morgan fingerprint density at radius 2 is 1.90 bits per heavy atom. The number of nitrogens with zero attached hydrogens (tertiary/aromatic N) is 2. The summed E-state index contributed by atoms with van der Waals surface area (Å²) in [4.78, 5) is 6.73. The van der Waals surface area contributed by atoms with Crippen LogP contribution in [0.5, 0.6) is 11.5 Å². The van der Waals surface area contributed by atoms with E-state index in [-0.39, 0.29) is 23.6 Å². The van der Waals surface area contributed by atoms with Gasteiger partial charge in [0, 0.05) is 11.8 Å². The second-order valence-electron chi connectivity index (χ2n) is 7.07. The molecule has 2 atom stereocenters. The average Bonchev–Trinajstić information content (AvgIpc) is 3.19. The number of methoxy groups -OCH3 is 2. The van der Waals surface area contributed by atoms with E-state index in [4.69, 9.17) is 37.7 Å². The van der Waals surface area contributed by atoms with Gasteiger partial charge in [0.1, 0.15) is 11.5 Å². The number of fused-ring (bicyclic) bond motifs is 1. The SMILES string of the molecule is COc1ccc(OC)c(N2C(SCc3ccc(Cl)c(Cl)c3)=NC3CS(=O)(=O)CC32)c1. The minimum Gasteiger partial charge on any atom is -0.497 e. The lowest BCUT2D eigenvalue weighted by atomic mass is 10.1. The Morgan fingerprint density at radius 1 is 1.10 bits per heavy atom. The standard InChI is InChI=1S/C20H20Cl2N2O4S2/c1-27-13-4-6-19(28-2)17(8-13)24-18-11-30(25,26)10-16(18)23-20(24)29-9-12-3-5-14(21)15(22)7-12/h3-8,16,18H,9-11H2,1-2H3. The molecule has 0 saturated carbocycles. The summed E-state index contributed by atoms with van der Waals surface area (Å²) in [6.07, 6.45) is 0. The molecular formula is C20H20Cl2N2O4S2. The smallest absolute Gasteiger partial charge is 0.164 e. The van der Waals surface area contributed by atoms with E-state index in [1.807, 2.05) is 29.2 Å². The van der Waals surface area contributed by atoms with Crippen LogP contribution in [-0.2, 0) is 15.6 Å². The minimum atomic E-state index is -3.14. The minimum absolute atomic E-state index is 0.0529. The molecule has 6 nitrogen and oxygen atoms in total. The maximum Gasteiger partial charge on any atom is 0.164 e. The Balaban J connectivity index is 1.68. The number of benzene rings is 2. The average molecular weight is 487 g/mol. The molecule has 0 aromatic heterocycles. The van der Waals surface area contributed by atoms with Gasteiger partial charge in [0.2, 0.25) is 0 Å². The maximum absolute atomic E-state index is 12.3. The molecule has 2 aliphatic heterocycles. The molecule has 2 heterocycles. The molecule has 2 aliphatic rings. The molecule has 0 radical (unpaired) electrons. The normalized spacial score (nSPS) is 22.0. The predicted molar refractivity (Wildman–Crippen MR) is 123 cm³/mol. The number of rotatable bonds is 5. The van der Waals surface area contributed by atoms with Crippen LogP contribution in [0, 0.1) is 0 Å². The molecule has 0 spiro atoms. The highest BCUT2D eigenvalue weighted by molar-refractivity contribution is 8.13. The van der Waals surface area contributed by atoms with Gasteiger partial charge < -0.3 is 14.4 Å². The van der Waals surface area contributed by atoms with Crippen LogP contribution in [0.1, 0.15) is 5.56 Å². The number of thioether (sulfide) groups is 1. The fourth-order valence-electron chi connectivity index (χ4n) is 3.68. The zero-order chi connectivity index (χ0) is 21.5. The van der Waals surface area contributed by atoms with Crippen LogP contribution in [0.2, 0.25) is 10.0 Å². The summed E-state index contributed by atoms with van der Waals surface area (Å²) in [7, 11) is 0.0322. The van der Waals surface area contributed by atoms with Gasteiger partial charge in [0.05, 0.1) is 53.5 Å². The summed E-state index contributed by atoms with van der Waals surface area (Å²) in [6.45, 7) is 0. The summed E-state index contributed by atoms with van der Waals surface area (Å²) in [5, 5.41) is 1.75. The van der Waals surface area contributed by atoms with E-state index in [0.717, 1.165) is 16.4 Å². The first-order valence-corrected chi connectivity index (χ1v) is 12.7. The molecule has 30 heavy (non-hydrogen) atoms. The topological polar surface area (TPSA) is 68.2 Å². The number of hydrogen-bond acceptors (Lipinski definition) is 7. The summed E-state index contributed by atoms with van der Waals surface area (Å²) < 4.78 is 35.5. The number of ether oxygens (including phenoxy) is 2. The van der Waals surface area contributed by atoms with Crippen molar-refractivity contribution < 1.29 is 17.9 Å². The Hall–Kier alpha value is -1.61. The van der Waals surface area contributed by atoms with E-state index in [0.29, 0.717) is 27.3 Å². The van der Waals surface area contributed by atoms with E-state index in [1.165, 1.54) is 11.8 Å². The number of amidine groups is 1. The first-order chi connectivity index (χ1) is 14.3. The summed E-state index contributed by atoms with van der Waals surface area (Å²) >= 11 is 13.7. The maximum atomic E-state index is 12.3. The monoisotopic (exact) mass is 486 g/mol. The van der Waals surface area contributed by atoms with Gasteiger partial charge in [-0.3, -0.25) is 4.99 Å². The van der Waals surface area contributed by atoms with Crippen LogP contribution in [-0.4, -0.2) is 51.4 Å². The van der Waals surface area contributed by atoms with Crippen LogP contribution in [0.15, 0.2) is 41.4 Å². The molecular weight excluding hydrogens is 467 g/mol. The fourth-order valence-corrected chi connectivity index (χ4v) is 6.90. The molecule has 1 saturated heterocycles. The van der Waals surface area contributed by atoms with Crippen molar-refractivity contribution >= 4 is 55.7 Å². The molecule has 2 aromatic rings. The number of hydrogen-bond donors (Lipinski definition) is 0. The first-order valence-electron chi connectivity index (χ1n) is 9.17. The third-order valence-corrected chi connectivity index (χ3v) is 8.58. The highest BCUT2D eigenvalue weighted by Gasteiger charge is 2.47. The Labute approximate surface area is 190 Å². The van der Waals surface area contributed by atoms with E-state index in [1.54, 1.807) is 26.4 Å². The van der Waals surface area contributed by atoms with Crippen molar-refractivity contribution in [2.45, 2.75) is 17.8 Å². The third kappa shape index (κ3) is 4.23. The summed E-state index contributed by atoms with van der Waals surface area (Å²) in [5.74, 6) is 2.01. The lowest BCUT2D eigenvalue weighted by Gasteiger charge is -2.28. The van der Waals surface area contributed by atoms with Gasteiger partial charge in [-0.05, 0) is 29.8 Å². The van der Waals surface area contributed by atoms with Gasteiger partial charge in [-0.15, -0.1) is 0 Å². The van der Waals surface area contributed by atoms with E-state index in [9.17, 15) is 8.42 Å². The van der Waals surface area contributed by atoms with Crippen molar-refractivity contribution in [2.24, 2.45) is 4.99 Å². The lowest BCUT2D eigenvalue weighted by molar-refractivity contribution is 0.403. The highest BCUT2D eigenvalue weighted by Crippen LogP contribution is 2.41. The van der Waals surface area contributed by atoms with Gasteiger partial charge in [0.25, 0.3) is 0 Å². The van der Waals surface area contributed by atoms with Gasteiger partial charge in [-0.25, -0.2) is 8.42 Å². The van der Waals surface area contributed by atoms with Crippen LogP contribution in [0.3, 0.4) is 0 Å². The summed E-state index contributed by atoms with van der Waals surface area (Å²) in [5.41, 5.74) is 1.74. The lowest BCUT2D eigenvalue weighted by Crippen LogP contribution is -2.39. The van der Waals surface area contributed by atoms with Crippen molar-refractivity contribution in [1.82, 2.24) is 0 Å². The molecule has 0 N–H and O–H groups in total. The molecule has 2 unspecified atom stereocenters. The van der Waals surface area contributed by atoms with Crippen molar-refractivity contribution in [3.8, 4) is 11.5 Å². The van der Waals surface area contributed by atoms with Crippen molar-refractivity contribution in [1.29, 1.82) is 0 Å². The van der Waals surface area contributed by atoms with E-state index in [2.05, 4.69) is 0 Å². The highest BCUT2D eigenvalue weighted by atomic mass is 35.5. The molecule has 0 amide bonds. The quantitative estimate of drug-likeness (QED) is 0.627. The van der Waals surface area contributed by atoms with Crippen LogP contribution in [0.4, 0.5) is 5.69 Å². The van der Waals surface area contributed by atoms with Gasteiger partial charge in [-0.2, -0.15) is 0 Å². The largest absolute Gasteiger partial charge is 0.497 e. The van der Waals surface area contributed by atoms with E-state index >= 15 is 0 Å². The number of aliphatic imine (C=N–C) groups is 1. The molecule has 0 aliphatic carbocycles. The fraction of sp³-hybridized carbons (Fsp3) is 0.350. The van der Waals surface area contributed by atoms with Crippen molar-refractivity contribution in [3.05, 3.63) is 52.0 Å². The van der Waals surface area contributed by atoms with E-state index < -0.39 is 9.84 Å². The van der Waals surface area contributed by atoms with Crippen molar-refractivity contribution in [2.75, 3.05) is 30.6 Å². The molecule has 1 fully saturated rings. The zero-order valence-corrected chi connectivity index (χ0v) is 19.5. The molecule has 10 heteroatoms. The Kier molecular flexibility index (Phi) is 6.12. The number of anilines is 1. The molecule has 2 aromatic carbocycles. The first kappa shape index (κ1) is 21.6. The number of halogens is 2. The molecule has 4 rings (SSSR count). The van der Waals surface area contributed by atoms with Gasteiger partial charge in [0.15, 0.2) is 15.0 Å². The predicted octanol–water partition coefficient (Wildman–Crippen LogP) is 4.29. The second-order valence-corrected chi connectivity index (χ2v) is 11.0. The number of sulfone groups is 1. The van der Waals surface area contributed by atoms with Crippen LogP contribution < -0.4 is 14.4 Å². The summed E-state index contributed by atoms with van der Waals surface area (Å²) in [6, 6.07) is 10.4. The molecule has 160 valence electrons. The van der Waals surface area contributed by atoms with Crippen LogP contribution >= 0.6 is 35.0 Å². The Morgan fingerprint density at radius 3 is 2.60 bits per heavy atom. The Bertz CT molecular complexity index is 1110. The van der Waals surface area contributed by atoms with Gasteiger partial charge >= 0.3 is 0 Å². The third-order valence-electron chi connectivity index (χ3n) is 5.11. The molecule has 0 bridgehead atoms. The van der Waals surface area contributed by atoms with Crippen LogP contribution in [0.25, 0.3) is 0 Å². The van der Waals surface area contributed by atoms with Gasteiger partial charge in [-0.1, -0.05) is 41.0 Å². The second kappa shape index (κ2) is 8.49. The zero-order valence-electron chi connectivity index (χ0n) is 16.3. The van der Waals surface area contributed by atoms with Crippen molar-refractivity contribution in [3.63, 3.8) is 0 Å².